The summed E-state index contributed by atoms with van der Waals surface area (Å²) in [5.74, 6) is 1.31. The number of amides is 1. The molecule has 0 bridgehead atoms. The highest BCUT2D eigenvalue weighted by atomic mass is 35.5. The molecule has 6 heteroatoms. The number of nitrogens with one attached hydrogen (secondary N) is 1. The van der Waals surface area contributed by atoms with Crippen LogP contribution < -0.4 is 14.8 Å². The fourth-order valence-electron chi connectivity index (χ4n) is 1.70. The molecular weight excluding hydrogens is 268 g/mol. The summed E-state index contributed by atoms with van der Waals surface area (Å²) in [6.07, 6.45) is 0. The molecule has 0 aliphatic carbocycles. The Morgan fingerprint density at radius 1 is 1.21 bits per heavy atom. The second kappa shape index (κ2) is 4.78. The van der Waals surface area contributed by atoms with Crippen molar-refractivity contribution in [2.75, 3.05) is 12.1 Å². The molecule has 2 heterocycles. The zero-order valence-corrected chi connectivity index (χ0v) is 10.5. The van der Waals surface area contributed by atoms with E-state index in [1.165, 1.54) is 0 Å². The van der Waals surface area contributed by atoms with E-state index in [0.29, 0.717) is 28.0 Å². The average Bonchev–Trinajstić information content (AvgIpc) is 2.85. The summed E-state index contributed by atoms with van der Waals surface area (Å²) in [7, 11) is 0. The van der Waals surface area contributed by atoms with Gasteiger partial charge in [-0.2, -0.15) is 0 Å². The second-order valence-electron chi connectivity index (χ2n) is 3.87. The molecule has 0 spiro atoms. The zero-order chi connectivity index (χ0) is 13.2. The van der Waals surface area contributed by atoms with E-state index in [2.05, 4.69) is 10.3 Å². The van der Waals surface area contributed by atoms with Crippen molar-refractivity contribution >= 4 is 23.3 Å². The molecule has 0 fully saturated rings. The summed E-state index contributed by atoms with van der Waals surface area (Å²) in [6, 6.07) is 10.00. The lowest BCUT2D eigenvalue weighted by atomic mass is 10.2. The van der Waals surface area contributed by atoms with Gasteiger partial charge in [-0.1, -0.05) is 17.7 Å². The molecular formula is C13H9ClN2O3. The van der Waals surface area contributed by atoms with Crippen LogP contribution in [0.3, 0.4) is 0 Å². The number of aromatic nitrogens is 1. The maximum absolute atomic E-state index is 12.0. The molecule has 0 radical (unpaired) electrons. The summed E-state index contributed by atoms with van der Waals surface area (Å²) in [6.45, 7) is 0.177. The van der Waals surface area contributed by atoms with Crippen molar-refractivity contribution in [3.63, 3.8) is 0 Å². The lowest BCUT2D eigenvalue weighted by Crippen LogP contribution is -2.12. The maximum Gasteiger partial charge on any atom is 0.256 e. The number of hydrogen-bond donors (Lipinski definition) is 1. The van der Waals surface area contributed by atoms with Gasteiger partial charge in [0.15, 0.2) is 11.5 Å². The molecule has 2 aromatic rings. The monoisotopic (exact) mass is 276 g/mol. The molecule has 0 atom stereocenters. The Bertz CT molecular complexity index is 646. The van der Waals surface area contributed by atoms with E-state index in [1.54, 1.807) is 36.4 Å². The lowest BCUT2D eigenvalue weighted by molar-refractivity contribution is 0.102. The van der Waals surface area contributed by atoms with Crippen LogP contribution in [0.25, 0.3) is 0 Å². The normalized spacial score (nSPS) is 12.3. The number of fused-ring (bicyclic) bond motifs is 1. The van der Waals surface area contributed by atoms with Crippen LogP contribution in [0.2, 0.25) is 5.15 Å². The number of pyridine rings is 1. The summed E-state index contributed by atoms with van der Waals surface area (Å²) in [5, 5.41) is 2.98. The van der Waals surface area contributed by atoms with Crippen molar-refractivity contribution in [2.45, 2.75) is 0 Å². The molecule has 5 nitrogen and oxygen atoms in total. The van der Waals surface area contributed by atoms with Crippen molar-refractivity contribution in [1.82, 2.24) is 4.98 Å². The molecule has 1 aliphatic heterocycles. The van der Waals surface area contributed by atoms with E-state index in [0.717, 1.165) is 0 Å². The highest BCUT2D eigenvalue weighted by Crippen LogP contribution is 2.32. The van der Waals surface area contributed by atoms with Gasteiger partial charge in [-0.3, -0.25) is 4.79 Å². The first kappa shape index (κ1) is 11.8. The van der Waals surface area contributed by atoms with Crippen LogP contribution in [0.5, 0.6) is 11.5 Å². The third kappa shape index (κ3) is 2.46. The van der Waals surface area contributed by atoms with Gasteiger partial charge < -0.3 is 14.8 Å². The topological polar surface area (TPSA) is 60.5 Å². The number of anilines is 1. The third-order valence-corrected chi connectivity index (χ3v) is 2.80. The molecule has 0 saturated heterocycles. The van der Waals surface area contributed by atoms with E-state index in [9.17, 15) is 4.79 Å². The average molecular weight is 277 g/mol. The Labute approximate surface area is 114 Å². The predicted octanol–water partition coefficient (Wildman–Crippen LogP) is 2.72. The van der Waals surface area contributed by atoms with Gasteiger partial charge in [0.25, 0.3) is 5.91 Å². The van der Waals surface area contributed by atoms with Gasteiger partial charge in [0.1, 0.15) is 11.0 Å². The van der Waals surface area contributed by atoms with Crippen molar-refractivity contribution in [3.8, 4) is 11.5 Å². The lowest BCUT2D eigenvalue weighted by Gasteiger charge is -2.05. The minimum atomic E-state index is -0.284. The summed E-state index contributed by atoms with van der Waals surface area (Å²) < 4.78 is 10.4. The first-order valence-corrected chi connectivity index (χ1v) is 5.94. The van der Waals surface area contributed by atoms with Crippen LogP contribution in [0.1, 0.15) is 10.4 Å². The molecule has 1 aromatic heterocycles. The number of benzene rings is 1. The van der Waals surface area contributed by atoms with E-state index >= 15 is 0 Å². The Morgan fingerprint density at radius 3 is 2.89 bits per heavy atom. The van der Waals surface area contributed by atoms with Crippen molar-refractivity contribution in [2.24, 2.45) is 0 Å². The van der Waals surface area contributed by atoms with Gasteiger partial charge in [0, 0.05) is 5.56 Å². The van der Waals surface area contributed by atoms with Gasteiger partial charge in [-0.15, -0.1) is 0 Å². The second-order valence-corrected chi connectivity index (χ2v) is 4.25. The van der Waals surface area contributed by atoms with E-state index in [-0.39, 0.29) is 12.7 Å². The number of carbonyl (C=O) groups is 1. The predicted molar refractivity (Wildman–Crippen MR) is 69.8 cm³/mol. The van der Waals surface area contributed by atoms with E-state index in [4.69, 9.17) is 21.1 Å². The fourth-order valence-corrected chi connectivity index (χ4v) is 1.87. The molecule has 1 aromatic carbocycles. The summed E-state index contributed by atoms with van der Waals surface area (Å²) >= 11 is 5.75. The summed E-state index contributed by atoms with van der Waals surface area (Å²) in [4.78, 5) is 16.0. The van der Waals surface area contributed by atoms with Crippen LogP contribution in [0.4, 0.5) is 5.82 Å². The number of rotatable bonds is 2. The van der Waals surface area contributed by atoms with Crippen LogP contribution >= 0.6 is 11.6 Å². The molecule has 0 saturated carbocycles. The highest BCUT2D eigenvalue weighted by Gasteiger charge is 2.16. The Hall–Kier alpha value is -2.27. The van der Waals surface area contributed by atoms with E-state index in [1.807, 2.05) is 0 Å². The fraction of sp³-hybridized carbons (Fsp3) is 0.0769. The Kier molecular flexibility index (Phi) is 2.97. The zero-order valence-electron chi connectivity index (χ0n) is 9.72. The number of nitrogens with zero attached hydrogens (tertiary/aromatic N) is 1. The Morgan fingerprint density at radius 2 is 2.05 bits per heavy atom. The molecule has 0 unspecified atom stereocenters. The van der Waals surface area contributed by atoms with Gasteiger partial charge in [-0.05, 0) is 30.3 Å². The number of hydrogen-bond acceptors (Lipinski definition) is 4. The maximum atomic E-state index is 12.0. The smallest absolute Gasteiger partial charge is 0.256 e. The number of halogens is 1. The minimum Gasteiger partial charge on any atom is -0.454 e. The van der Waals surface area contributed by atoms with Crippen LogP contribution in [0.15, 0.2) is 36.4 Å². The molecule has 96 valence electrons. The van der Waals surface area contributed by atoms with Gasteiger partial charge in [0.2, 0.25) is 6.79 Å². The van der Waals surface area contributed by atoms with Crippen LogP contribution in [-0.2, 0) is 0 Å². The van der Waals surface area contributed by atoms with Crippen molar-refractivity contribution in [1.29, 1.82) is 0 Å². The van der Waals surface area contributed by atoms with Gasteiger partial charge in [-0.25, -0.2) is 4.98 Å². The Balaban J connectivity index is 1.81. The quantitative estimate of drug-likeness (QED) is 0.857. The molecule has 1 amide bonds. The molecule has 3 rings (SSSR count). The highest BCUT2D eigenvalue weighted by molar-refractivity contribution is 6.29. The van der Waals surface area contributed by atoms with Gasteiger partial charge >= 0.3 is 0 Å². The third-order valence-electron chi connectivity index (χ3n) is 2.59. The number of carbonyl (C=O) groups excluding carboxylic acids is 1. The SMILES string of the molecule is O=C(Nc1cccc(Cl)n1)c1ccc2c(c1)OCO2. The van der Waals surface area contributed by atoms with Crippen LogP contribution in [-0.4, -0.2) is 17.7 Å². The first-order valence-electron chi connectivity index (χ1n) is 5.56. The van der Waals surface area contributed by atoms with Crippen LogP contribution in [0, 0.1) is 0 Å². The first-order chi connectivity index (χ1) is 9.22. The largest absolute Gasteiger partial charge is 0.454 e. The van der Waals surface area contributed by atoms with E-state index < -0.39 is 0 Å². The molecule has 1 aliphatic rings. The van der Waals surface area contributed by atoms with Crippen molar-refractivity contribution in [3.05, 3.63) is 47.1 Å². The molecule has 1 N–H and O–H groups in total. The van der Waals surface area contributed by atoms with Gasteiger partial charge in [0.05, 0.1) is 0 Å². The molecule has 19 heavy (non-hydrogen) atoms. The standard InChI is InChI=1S/C13H9ClN2O3/c14-11-2-1-3-12(15-11)16-13(17)8-4-5-9-10(6-8)19-7-18-9/h1-6H,7H2,(H,15,16,17). The minimum absolute atomic E-state index is 0.177. The van der Waals surface area contributed by atoms with Crippen molar-refractivity contribution < 1.29 is 14.3 Å². The summed E-state index contributed by atoms with van der Waals surface area (Å²) in [5.41, 5.74) is 0.464. The number of ether oxygens (including phenoxy) is 2.